The molecular weight excluding hydrogens is 444 g/mol. The van der Waals surface area contributed by atoms with E-state index < -0.39 is 0 Å². The van der Waals surface area contributed by atoms with Crippen molar-refractivity contribution in [2.24, 2.45) is 0 Å². The molecule has 10 heteroatoms. The molecule has 0 aliphatic heterocycles. The number of nitrogens with one attached hydrogen (secondary N) is 1. The number of ether oxygens (including phenoxy) is 4. The number of thiazole rings is 1. The summed E-state index contributed by atoms with van der Waals surface area (Å²) >= 11 is 1.50. The summed E-state index contributed by atoms with van der Waals surface area (Å²) in [6.07, 6.45) is 0.590. The van der Waals surface area contributed by atoms with Crippen LogP contribution in [0, 0.1) is 0 Å². The highest BCUT2D eigenvalue weighted by Gasteiger charge is 2.17. The molecule has 1 amide bonds. The van der Waals surface area contributed by atoms with Gasteiger partial charge < -0.3 is 24.3 Å². The maximum Gasteiger partial charge on any atom is 0.255 e. The average molecular weight is 469 g/mol. The first-order valence-electron chi connectivity index (χ1n) is 10.1. The maximum absolute atomic E-state index is 12.7. The fraction of sp³-hybridized carbons (Fsp3) is 0.261. The Hall–Kier alpha value is -3.79. The summed E-state index contributed by atoms with van der Waals surface area (Å²) in [5, 5.41) is 9.57. The number of para-hydroxylation sites is 1. The number of nitrogens with zero attached hydrogens (tertiary/aromatic N) is 3. The van der Waals surface area contributed by atoms with Crippen LogP contribution in [0.3, 0.4) is 0 Å². The summed E-state index contributed by atoms with van der Waals surface area (Å²) < 4.78 is 23.1. The van der Waals surface area contributed by atoms with Crippen LogP contribution in [0.25, 0.3) is 16.3 Å². The van der Waals surface area contributed by atoms with Gasteiger partial charge in [-0.05, 0) is 30.3 Å². The van der Waals surface area contributed by atoms with Gasteiger partial charge in [0.1, 0.15) is 0 Å². The van der Waals surface area contributed by atoms with Crippen molar-refractivity contribution in [3.05, 3.63) is 53.0 Å². The first-order chi connectivity index (χ1) is 16.1. The third-order valence-electron chi connectivity index (χ3n) is 5.11. The lowest BCUT2D eigenvalue weighted by Crippen LogP contribution is -2.26. The standard InChI is InChI=1S/C23H24N4O5S/c1-29-17-9-8-14(12-19(17)31-3)21-25-23-27(26-21)15(13-33-23)10-11-24-22(28)16-6-5-7-18(30-2)20(16)32-4/h5-9,12-13H,10-11H2,1-4H3,(H,24,28). The predicted molar refractivity (Wildman–Crippen MR) is 125 cm³/mol. The van der Waals surface area contributed by atoms with Gasteiger partial charge in [-0.3, -0.25) is 4.79 Å². The van der Waals surface area contributed by atoms with Crippen molar-refractivity contribution in [1.82, 2.24) is 19.9 Å². The first-order valence-corrected chi connectivity index (χ1v) is 11.0. The summed E-state index contributed by atoms with van der Waals surface area (Å²) in [6, 6.07) is 10.8. The summed E-state index contributed by atoms with van der Waals surface area (Å²) in [7, 11) is 6.24. The molecule has 0 saturated carbocycles. The van der Waals surface area contributed by atoms with Crippen LogP contribution in [0.15, 0.2) is 41.8 Å². The van der Waals surface area contributed by atoms with Crippen LogP contribution >= 0.6 is 11.3 Å². The van der Waals surface area contributed by atoms with Crippen molar-refractivity contribution >= 4 is 22.2 Å². The second-order valence-corrected chi connectivity index (χ2v) is 7.81. The minimum Gasteiger partial charge on any atom is -0.493 e. The highest BCUT2D eigenvalue weighted by Crippen LogP contribution is 2.32. The molecule has 1 N–H and O–H groups in total. The minimum atomic E-state index is -0.234. The molecule has 0 aliphatic rings. The molecule has 172 valence electrons. The average Bonchev–Trinajstić information content (AvgIpc) is 3.44. The van der Waals surface area contributed by atoms with E-state index in [0.29, 0.717) is 47.4 Å². The van der Waals surface area contributed by atoms with Crippen molar-refractivity contribution < 1.29 is 23.7 Å². The van der Waals surface area contributed by atoms with Crippen LogP contribution in [0.2, 0.25) is 0 Å². The Kier molecular flexibility index (Phi) is 6.64. The molecule has 0 aliphatic carbocycles. The van der Waals surface area contributed by atoms with E-state index in [1.54, 1.807) is 36.9 Å². The van der Waals surface area contributed by atoms with E-state index in [4.69, 9.17) is 18.9 Å². The molecule has 9 nitrogen and oxygen atoms in total. The highest BCUT2D eigenvalue weighted by atomic mass is 32.1. The lowest BCUT2D eigenvalue weighted by molar-refractivity contribution is 0.0950. The largest absolute Gasteiger partial charge is 0.493 e. The summed E-state index contributed by atoms with van der Waals surface area (Å²) in [4.78, 5) is 18.1. The molecule has 2 heterocycles. The number of carbonyl (C=O) groups is 1. The number of rotatable bonds is 9. The number of methoxy groups -OCH3 is 4. The van der Waals surface area contributed by atoms with Gasteiger partial charge in [-0.25, -0.2) is 4.52 Å². The van der Waals surface area contributed by atoms with Gasteiger partial charge >= 0.3 is 0 Å². The monoisotopic (exact) mass is 468 g/mol. The minimum absolute atomic E-state index is 0.234. The van der Waals surface area contributed by atoms with Crippen molar-refractivity contribution in [2.45, 2.75) is 6.42 Å². The zero-order valence-corrected chi connectivity index (χ0v) is 19.6. The van der Waals surface area contributed by atoms with Crippen molar-refractivity contribution in [1.29, 1.82) is 0 Å². The number of hydrogen-bond acceptors (Lipinski definition) is 8. The highest BCUT2D eigenvalue weighted by molar-refractivity contribution is 7.15. The van der Waals surface area contributed by atoms with Gasteiger partial charge in [0, 0.05) is 23.9 Å². The number of fused-ring (bicyclic) bond motifs is 1. The predicted octanol–water partition coefficient (Wildman–Crippen LogP) is 3.46. The third kappa shape index (κ3) is 4.42. The Balaban J connectivity index is 1.48. The van der Waals surface area contributed by atoms with Crippen molar-refractivity contribution in [3.63, 3.8) is 0 Å². The van der Waals surface area contributed by atoms with Crippen molar-refractivity contribution in [2.75, 3.05) is 35.0 Å². The van der Waals surface area contributed by atoms with Crippen LogP contribution in [0.5, 0.6) is 23.0 Å². The van der Waals surface area contributed by atoms with Gasteiger partial charge in [-0.2, -0.15) is 4.98 Å². The fourth-order valence-electron chi connectivity index (χ4n) is 3.46. The maximum atomic E-state index is 12.7. The zero-order valence-electron chi connectivity index (χ0n) is 18.7. The van der Waals surface area contributed by atoms with Gasteiger partial charge in [0.2, 0.25) is 4.96 Å². The molecule has 0 unspecified atom stereocenters. The SMILES string of the molecule is COc1ccc(-c2nc3scc(CCNC(=O)c4cccc(OC)c4OC)n3n2)cc1OC. The van der Waals surface area contributed by atoms with Crippen molar-refractivity contribution in [3.8, 4) is 34.4 Å². The van der Waals surface area contributed by atoms with E-state index in [-0.39, 0.29) is 5.91 Å². The smallest absolute Gasteiger partial charge is 0.255 e. The Morgan fingerprint density at radius 1 is 1.00 bits per heavy atom. The van der Waals surface area contributed by atoms with E-state index in [2.05, 4.69) is 15.4 Å². The molecule has 33 heavy (non-hydrogen) atoms. The molecular formula is C23H24N4O5S. The molecule has 2 aromatic heterocycles. The van der Waals surface area contributed by atoms with Gasteiger partial charge in [-0.1, -0.05) is 6.07 Å². The van der Waals surface area contributed by atoms with Gasteiger partial charge in [0.15, 0.2) is 28.8 Å². The number of benzene rings is 2. The Morgan fingerprint density at radius 3 is 2.52 bits per heavy atom. The van der Waals surface area contributed by atoms with Crippen LogP contribution in [-0.4, -0.2) is 55.5 Å². The van der Waals surface area contributed by atoms with E-state index >= 15 is 0 Å². The molecule has 0 spiro atoms. The number of carbonyl (C=O) groups excluding carboxylic acids is 1. The topological polar surface area (TPSA) is 96.2 Å². The summed E-state index contributed by atoms with van der Waals surface area (Å²) in [5.41, 5.74) is 2.20. The van der Waals surface area contributed by atoms with Gasteiger partial charge in [-0.15, -0.1) is 16.4 Å². The molecule has 4 rings (SSSR count). The summed E-state index contributed by atoms with van der Waals surface area (Å²) in [5.74, 6) is 2.53. The second kappa shape index (κ2) is 9.78. The van der Waals surface area contributed by atoms with Crippen LogP contribution < -0.4 is 24.3 Å². The molecule has 0 fully saturated rings. The van der Waals surface area contributed by atoms with Crippen LogP contribution in [0.4, 0.5) is 0 Å². The third-order valence-corrected chi connectivity index (χ3v) is 5.97. The second-order valence-electron chi connectivity index (χ2n) is 6.97. The Bertz CT molecular complexity index is 1280. The fourth-order valence-corrected chi connectivity index (χ4v) is 4.32. The number of hydrogen-bond donors (Lipinski definition) is 1. The molecule has 4 aromatic rings. The summed E-state index contributed by atoms with van der Waals surface area (Å²) in [6.45, 7) is 0.427. The quantitative estimate of drug-likeness (QED) is 0.402. The van der Waals surface area contributed by atoms with Gasteiger partial charge in [0.05, 0.1) is 39.7 Å². The Labute approximate surface area is 194 Å². The number of amides is 1. The normalized spacial score (nSPS) is 10.8. The molecule has 0 saturated heterocycles. The van der Waals surface area contributed by atoms with Gasteiger partial charge in [0.25, 0.3) is 5.91 Å². The lowest BCUT2D eigenvalue weighted by atomic mass is 10.1. The lowest BCUT2D eigenvalue weighted by Gasteiger charge is -2.12. The first kappa shape index (κ1) is 22.4. The molecule has 0 radical (unpaired) electrons. The molecule has 0 bridgehead atoms. The van der Waals surface area contributed by atoms with Crippen LogP contribution in [-0.2, 0) is 6.42 Å². The zero-order chi connectivity index (χ0) is 23.4. The van der Waals surface area contributed by atoms with E-state index in [1.807, 2.05) is 23.6 Å². The molecule has 0 atom stereocenters. The molecule has 2 aromatic carbocycles. The van der Waals surface area contributed by atoms with E-state index in [1.165, 1.54) is 25.6 Å². The Morgan fingerprint density at radius 2 is 1.79 bits per heavy atom. The van der Waals surface area contributed by atoms with E-state index in [9.17, 15) is 4.79 Å². The van der Waals surface area contributed by atoms with Crippen LogP contribution in [0.1, 0.15) is 16.1 Å². The van der Waals surface area contributed by atoms with E-state index in [0.717, 1.165) is 16.2 Å². The number of aromatic nitrogens is 3.